The van der Waals surface area contributed by atoms with Crippen LogP contribution >= 0.6 is 14.6 Å². The van der Waals surface area contributed by atoms with Gasteiger partial charge in [0.05, 0.1) is 0 Å². The molecule has 0 radical (unpaired) electrons. The number of nitrogens with one attached hydrogen (secondary N) is 2. The summed E-state index contributed by atoms with van der Waals surface area (Å²) in [6, 6.07) is 24.8. The molecule has 0 spiro atoms. The van der Waals surface area contributed by atoms with Gasteiger partial charge in [0.25, 0.3) is 0 Å². The Morgan fingerprint density at radius 1 is 0.409 bits per heavy atom. The smallest absolute Gasteiger partial charge is 0.204 e. The molecule has 0 aliphatic heterocycles. The van der Waals surface area contributed by atoms with Gasteiger partial charge in [-0.15, -0.1) is 0 Å². The monoisotopic (exact) mass is 626 g/mol. The fourth-order valence-corrected chi connectivity index (χ4v) is 12.9. The topological polar surface area (TPSA) is 58.2 Å². The molecule has 1 saturated carbocycles. The van der Waals surface area contributed by atoms with Gasteiger partial charge in [-0.05, 0) is 117 Å². The third-order valence-electron chi connectivity index (χ3n) is 8.74. The van der Waals surface area contributed by atoms with Crippen LogP contribution in [0.2, 0.25) is 0 Å². The zero-order valence-electron chi connectivity index (χ0n) is 27.6. The summed E-state index contributed by atoms with van der Waals surface area (Å²) in [5.41, 5.74) is 8.77. The molecule has 1 fully saturated rings. The van der Waals surface area contributed by atoms with E-state index >= 15 is 9.13 Å². The van der Waals surface area contributed by atoms with Gasteiger partial charge in [0.2, 0.25) is 14.6 Å². The third-order valence-corrected chi connectivity index (χ3v) is 14.1. The van der Waals surface area contributed by atoms with Crippen molar-refractivity contribution in [2.24, 2.45) is 0 Å². The Balaban J connectivity index is 1.62. The Kier molecular flexibility index (Phi) is 9.60. The van der Waals surface area contributed by atoms with Crippen LogP contribution in [-0.2, 0) is 9.13 Å². The van der Waals surface area contributed by atoms with Crippen LogP contribution in [-0.4, -0.2) is 12.1 Å². The lowest BCUT2D eigenvalue weighted by molar-refractivity contribution is 0.342. The maximum Gasteiger partial charge on any atom is 0.204 e. The summed E-state index contributed by atoms with van der Waals surface area (Å²) in [6.45, 7) is 16.5. The van der Waals surface area contributed by atoms with E-state index < -0.39 is 14.6 Å². The predicted octanol–water partition coefficient (Wildman–Crippen LogP) is 7.80. The van der Waals surface area contributed by atoms with Crippen molar-refractivity contribution in [3.05, 3.63) is 117 Å². The van der Waals surface area contributed by atoms with Crippen molar-refractivity contribution < 1.29 is 9.13 Å². The molecule has 5 rings (SSSR count). The minimum absolute atomic E-state index is 0.124. The van der Waals surface area contributed by atoms with E-state index in [1.807, 2.05) is 0 Å². The first-order chi connectivity index (χ1) is 20.7. The lowest BCUT2D eigenvalue weighted by Gasteiger charge is -2.38. The van der Waals surface area contributed by atoms with Crippen LogP contribution in [0.1, 0.15) is 70.2 Å². The van der Waals surface area contributed by atoms with E-state index in [0.29, 0.717) is 0 Å². The summed E-state index contributed by atoms with van der Waals surface area (Å²) in [5.74, 6) is 0. The third kappa shape index (κ3) is 7.05. The molecule has 2 atom stereocenters. The van der Waals surface area contributed by atoms with Gasteiger partial charge in [-0.3, -0.25) is 19.3 Å². The van der Waals surface area contributed by atoms with Crippen LogP contribution in [0.25, 0.3) is 0 Å². The fraction of sp³-hybridized carbons (Fsp3) is 0.368. The second kappa shape index (κ2) is 12.9. The van der Waals surface area contributed by atoms with Crippen LogP contribution in [0.15, 0.2) is 72.8 Å². The standard InChI is InChI=1S/C38H48N2O2P2/c1-25-13-26(2)18-33(17-25)43(41,34-19-27(3)14-28(4)20-34)39-37-11-9-10-12-38(37)40-44(42,35-21-29(5)15-30(6)22-35)36-23-31(7)16-32(8)24-36/h13-24,37-38H,9-12H2,1-8H3,(H,39,41)(H,40,42)/t37-,38-/m1/s1. The molecule has 4 aromatic rings. The van der Waals surface area contributed by atoms with Crippen LogP contribution in [0.4, 0.5) is 0 Å². The van der Waals surface area contributed by atoms with Crippen molar-refractivity contribution in [3.63, 3.8) is 0 Å². The number of hydrogen-bond donors (Lipinski definition) is 2. The van der Waals surface area contributed by atoms with Gasteiger partial charge >= 0.3 is 0 Å². The molecule has 0 unspecified atom stereocenters. The first kappa shape index (κ1) is 32.6. The Hall–Kier alpha value is -2.74. The minimum atomic E-state index is -3.26. The first-order valence-corrected chi connectivity index (χ1v) is 19.3. The second-order valence-electron chi connectivity index (χ2n) is 13.4. The van der Waals surface area contributed by atoms with E-state index in [1.54, 1.807) is 0 Å². The van der Waals surface area contributed by atoms with E-state index in [2.05, 4.69) is 138 Å². The largest absolute Gasteiger partial charge is 0.297 e. The summed E-state index contributed by atoms with van der Waals surface area (Å²) in [6.07, 6.45) is 3.79. The van der Waals surface area contributed by atoms with Crippen molar-refractivity contribution in [2.45, 2.75) is 93.2 Å². The molecule has 44 heavy (non-hydrogen) atoms. The Labute approximate surface area is 264 Å². The van der Waals surface area contributed by atoms with Gasteiger partial charge in [-0.25, -0.2) is 0 Å². The SMILES string of the molecule is Cc1cc(C)cc(P(=O)(N[C@@H]2CCCC[C@H]2NP(=O)(c2cc(C)cc(C)c2)c2cc(C)cc(C)c2)c2cc(C)cc(C)c2)c1. The Morgan fingerprint density at radius 3 is 0.818 bits per heavy atom. The molecule has 0 aromatic heterocycles. The van der Waals surface area contributed by atoms with Gasteiger partial charge in [-0.1, -0.05) is 81.6 Å². The molecule has 1 aliphatic carbocycles. The molecule has 0 bridgehead atoms. The van der Waals surface area contributed by atoms with E-state index in [1.165, 1.54) is 0 Å². The maximum absolute atomic E-state index is 15.5. The number of benzene rings is 4. The second-order valence-corrected chi connectivity index (χ2v) is 18.4. The molecule has 0 heterocycles. The van der Waals surface area contributed by atoms with Gasteiger partial charge in [0.1, 0.15) is 0 Å². The number of rotatable bonds is 8. The highest BCUT2D eigenvalue weighted by Crippen LogP contribution is 2.45. The molecule has 4 aromatic carbocycles. The molecule has 6 heteroatoms. The van der Waals surface area contributed by atoms with Crippen LogP contribution in [0.5, 0.6) is 0 Å². The molecule has 232 valence electrons. The van der Waals surface area contributed by atoms with Crippen molar-refractivity contribution in [1.82, 2.24) is 10.2 Å². The highest BCUT2D eigenvalue weighted by Gasteiger charge is 2.39. The summed E-state index contributed by atoms with van der Waals surface area (Å²) in [7, 11) is -6.52. The Bertz CT molecular complexity index is 1470. The fourth-order valence-electron chi connectivity index (χ4n) is 7.03. The summed E-state index contributed by atoms with van der Waals surface area (Å²) in [4.78, 5) is 0. The van der Waals surface area contributed by atoms with Crippen molar-refractivity contribution in [1.29, 1.82) is 0 Å². The zero-order valence-corrected chi connectivity index (χ0v) is 29.4. The highest BCUT2D eigenvalue weighted by molar-refractivity contribution is 7.77. The minimum Gasteiger partial charge on any atom is -0.297 e. The summed E-state index contributed by atoms with van der Waals surface area (Å²) < 4.78 is 31.0. The molecule has 0 amide bonds. The molecule has 0 saturated heterocycles. The van der Waals surface area contributed by atoms with Crippen LogP contribution < -0.4 is 31.4 Å². The molecular weight excluding hydrogens is 578 g/mol. The predicted molar refractivity (Wildman–Crippen MR) is 190 cm³/mol. The normalized spacial score (nSPS) is 17.5. The maximum atomic E-state index is 15.5. The molecular formula is C38H48N2O2P2. The quantitative estimate of drug-likeness (QED) is 0.196. The van der Waals surface area contributed by atoms with Crippen LogP contribution in [0.3, 0.4) is 0 Å². The van der Waals surface area contributed by atoms with Gasteiger partial charge in [0.15, 0.2) is 0 Å². The van der Waals surface area contributed by atoms with E-state index in [0.717, 1.165) is 91.4 Å². The lowest BCUT2D eigenvalue weighted by Crippen LogP contribution is -2.51. The van der Waals surface area contributed by atoms with Crippen molar-refractivity contribution in [3.8, 4) is 0 Å². The first-order valence-electron chi connectivity index (χ1n) is 15.9. The number of aryl methyl sites for hydroxylation is 8. The van der Waals surface area contributed by atoms with Gasteiger partial charge in [0, 0.05) is 33.3 Å². The van der Waals surface area contributed by atoms with E-state index in [9.17, 15) is 0 Å². The lowest BCUT2D eigenvalue weighted by atomic mass is 9.92. The average Bonchev–Trinajstić information content (AvgIpc) is 2.92. The summed E-state index contributed by atoms with van der Waals surface area (Å²) >= 11 is 0. The van der Waals surface area contributed by atoms with Crippen molar-refractivity contribution in [2.75, 3.05) is 0 Å². The van der Waals surface area contributed by atoms with Gasteiger partial charge in [-0.2, -0.15) is 0 Å². The van der Waals surface area contributed by atoms with E-state index in [4.69, 9.17) is 0 Å². The molecule has 2 N–H and O–H groups in total. The van der Waals surface area contributed by atoms with Crippen molar-refractivity contribution >= 4 is 35.8 Å². The van der Waals surface area contributed by atoms with Gasteiger partial charge < -0.3 is 0 Å². The summed E-state index contributed by atoms with van der Waals surface area (Å²) in [5, 5.41) is 10.9. The molecule has 1 aliphatic rings. The Morgan fingerprint density at radius 2 is 0.614 bits per heavy atom. The molecule has 4 nitrogen and oxygen atoms in total. The number of hydrogen-bond acceptors (Lipinski definition) is 2. The van der Waals surface area contributed by atoms with E-state index in [-0.39, 0.29) is 12.1 Å². The highest BCUT2D eigenvalue weighted by atomic mass is 31.2. The van der Waals surface area contributed by atoms with Crippen LogP contribution in [0, 0.1) is 55.4 Å². The zero-order chi connectivity index (χ0) is 31.8. The average molecular weight is 627 g/mol.